The largest absolute Gasteiger partial charge is 0.504 e. The fourth-order valence-corrected chi connectivity index (χ4v) is 1.34. The quantitative estimate of drug-likeness (QED) is 0.839. The topological polar surface area (TPSA) is 72.3 Å². The molecule has 86 valence electrons. The molecule has 1 N–H and O–H groups in total. The molecule has 0 unspecified atom stereocenters. The summed E-state index contributed by atoms with van der Waals surface area (Å²) in [6, 6.07) is 6.23. The monoisotopic (exact) mass is 230 g/mol. The van der Waals surface area contributed by atoms with E-state index in [1.807, 2.05) is 0 Å². The third-order valence-electron chi connectivity index (χ3n) is 2.21. The summed E-state index contributed by atoms with van der Waals surface area (Å²) in [6.07, 6.45) is 3.11. The van der Waals surface area contributed by atoms with Crippen LogP contribution in [0.1, 0.15) is 0 Å². The average molecular weight is 230 g/mol. The van der Waals surface area contributed by atoms with Crippen LogP contribution in [0.4, 0.5) is 0 Å². The molecule has 1 aromatic heterocycles. The van der Waals surface area contributed by atoms with Gasteiger partial charge < -0.3 is 9.84 Å². The molecular weight excluding hydrogens is 220 g/mol. The molecule has 0 atom stereocenters. The smallest absolute Gasteiger partial charge is 0.316 e. The Morgan fingerprint density at radius 3 is 2.53 bits per heavy atom. The van der Waals surface area contributed by atoms with Crippen molar-refractivity contribution in [3.8, 4) is 22.9 Å². The van der Waals surface area contributed by atoms with Crippen LogP contribution in [0.2, 0.25) is 0 Å². The number of hydrogen-bond donors (Lipinski definition) is 1. The Kier molecular flexibility index (Phi) is 3.00. The molecule has 2 rings (SSSR count). The lowest BCUT2D eigenvalue weighted by Crippen LogP contribution is -1.95. The van der Waals surface area contributed by atoms with Gasteiger partial charge in [-0.05, 0) is 17.7 Å². The van der Waals surface area contributed by atoms with E-state index in [4.69, 9.17) is 4.74 Å². The number of methoxy groups -OCH3 is 1. The minimum absolute atomic E-state index is 0.263. The van der Waals surface area contributed by atoms with Crippen LogP contribution < -0.4 is 10.2 Å². The number of ether oxygens (including phenoxy) is 1. The molecule has 0 aliphatic heterocycles. The number of aromatic hydroxyl groups is 1. The molecule has 0 fully saturated rings. The van der Waals surface area contributed by atoms with Gasteiger partial charge in [-0.25, -0.2) is 9.97 Å². The highest BCUT2D eigenvalue weighted by atomic mass is 16.5. The van der Waals surface area contributed by atoms with E-state index >= 15 is 0 Å². The summed E-state index contributed by atoms with van der Waals surface area (Å²) >= 11 is 0. The number of nitrogens with zero attached hydrogens (tertiary/aromatic N) is 2. The molecule has 1 heterocycles. The maximum absolute atomic E-state index is 11.4. The third-order valence-corrected chi connectivity index (χ3v) is 2.21. The summed E-state index contributed by atoms with van der Waals surface area (Å²) < 4.78 is 4.84. The van der Waals surface area contributed by atoms with Crippen LogP contribution in [0, 0.1) is 0 Å². The van der Waals surface area contributed by atoms with Crippen molar-refractivity contribution in [2.75, 3.05) is 7.11 Å². The second kappa shape index (κ2) is 4.61. The van der Waals surface area contributed by atoms with Gasteiger partial charge in [0.1, 0.15) is 0 Å². The number of rotatable bonds is 2. The molecule has 0 saturated carbocycles. The highest BCUT2D eigenvalue weighted by molar-refractivity contribution is 5.61. The maximum Gasteiger partial charge on any atom is 0.316 e. The second-order valence-corrected chi connectivity index (χ2v) is 3.33. The Bertz CT molecular complexity index is 582. The lowest BCUT2D eigenvalue weighted by molar-refractivity contribution is 0.380. The van der Waals surface area contributed by atoms with E-state index in [2.05, 4.69) is 9.97 Å². The van der Waals surface area contributed by atoms with E-state index in [9.17, 15) is 9.90 Å². The van der Waals surface area contributed by atoms with Crippen LogP contribution in [0.25, 0.3) is 11.1 Å². The van der Waals surface area contributed by atoms with E-state index in [-0.39, 0.29) is 11.8 Å². The van der Waals surface area contributed by atoms with Gasteiger partial charge in [0, 0.05) is 18.0 Å². The van der Waals surface area contributed by atoms with Crippen molar-refractivity contribution in [1.82, 2.24) is 9.97 Å². The van der Waals surface area contributed by atoms with Crippen molar-refractivity contribution < 1.29 is 9.84 Å². The van der Waals surface area contributed by atoms with Gasteiger partial charge in [-0.1, -0.05) is 12.1 Å². The molecular formula is C12H10N2O3. The fraction of sp³-hybridized carbons (Fsp3) is 0.0833. The first kappa shape index (κ1) is 11.1. The fourth-order valence-electron chi connectivity index (χ4n) is 1.34. The molecule has 0 aliphatic carbocycles. The van der Waals surface area contributed by atoms with Crippen LogP contribution in [0.15, 0.2) is 41.5 Å². The van der Waals surface area contributed by atoms with E-state index in [0.717, 1.165) is 0 Å². The summed E-state index contributed by atoms with van der Waals surface area (Å²) in [4.78, 5) is 19.3. The third kappa shape index (κ3) is 2.39. The van der Waals surface area contributed by atoms with Crippen molar-refractivity contribution in [1.29, 1.82) is 0 Å². The molecule has 0 spiro atoms. The lowest BCUT2D eigenvalue weighted by Gasteiger charge is -1.99. The van der Waals surface area contributed by atoms with Gasteiger partial charge in [0.2, 0.25) is 5.43 Å². The van der Waals surface area contributed by atoms with Crippen molar-refractivity contribution in [3.63, 3.8) is 0 Å². The van der Waals surface area contributed by atoms with E-state index < -0.39 is 5.43 Å². The highest BCUT2D eigenvalue weighted by Crippen LogP contribution is 2.17. The standard InChI is InChI=1S/C12H10N2O3/c1-17-12-13-6-9(7-14-12)8-3-2-4-10(15)11(16)5-8/h2-7H,1H3,(H,15,16). The summed E-state index contributed by atoms with van der Waals surface area (Å²) in [6.45, 7) is 0. The first-order chi connectivity index (χ1) is 8.20. The van der Waals surface area contributed by atoms with Gasteiger partial charge in [0.15, 0.2) is 5.75 Å². The SMILES string of the molecule is COc1ncc(-c2cccc(O)c(=O)c2)cn1. The zero-order valence-corrected chi connectivity index (χ0v) is 9.12. The lowest BCUT2D eigenvalue weighted by atomic mass is 10.1. The van der Waals surface area contributed by atoms with Gasteiger partial charge in [-0.3, -0.25) is 4.79 Å². The Morgan fingerprint density at radius 1 is 1.18 bits per heavy atom. The summed E-state index contributed by atoms with van der Waals surface area (Å²) in [5, 5.41) is 9.27. The predicted molar refractivity (Wildman–Crippen MR) is 62.0 cm³/mol. The first-order valence-electron chi connectivity index (χ1n) is 4.90. The molecule has 0 radical (unpaired) electrons. The predicted octanol–water partition coefficient (Wildman–Crippen LogP) is 1.22. The Morgan fingerprint density at radius 2 is 1.88 bits per heavy atom. The highest BCUT2D eigenvalue weighted by Gasteiger charge is 2.01. The number of aromatic nitrogens is 2. The zero-order chi connectivity index (χ0) is 12.3. The van der Waals surface area contributed by atoms with Gasteiger partial charge in [-0.2, -0.15) is 0 Å². The van der Waals surface area contributed by atoms with Crippen LogP contribution >= 0.6 is 0 Å². The van der Waals surface area contributed by atoms with Gasteiger partial charge in [0.25, 0.3) is 0 Å². The average Bonchev–Trinajstić information content (AvgIpc) is 2.52. The van der Waals surface area contributed by atoms with Crippen molar-refractivity contribution in [3.05, 3.63) is 46.9 Å². The van der Waals surface area contributed by atoms with Crippen molar-refractivity contribution >= 4 is 0 Å². The Balaban J connectivity index is 2.50. The molecule has 17 heavy (non-hydrogen) atoms. The van der Waals surface area contributed by atoms with Gasteiger partial charge in [0.05, 0.1) is 7.11 Å². The van der Waals surface area contributed by atoms with Crippen molar-refractivity contribution in [2.24, 2.45) is 0 Å². The second-order valence-electron chi connectivity index (χ2n) is 3.33. The summed E-state index contributed by atoms with van der Waals surface area (Å²) in [5.74, 6) is -0.286. The Labute approximate surface area is 97.4 Å². The normalized spacial score (nSPS) is 9.94. The molecule has 0 amide bonds. The molecule has 5 heteroatoms. The van der Waals surface area contributed by atoms with E-state index in [1.165, 1.54) is 19.2 Å². The summed E-state index contributed by atoms with van der Waals surface area (Å²) in [5.41, 5.74) is 0.872. The van der Waals surface area contributed by atoms with Crippen LogP contribution in [0.3, 0.4) is 0 Å². The molecule has 0 saturated heterocycles. The molecule has 2 aromatic rings. The van der Waals surface area contributed by atoms with Gasteiger partial charge >= 0.3 is 6.01 Å². The van der Waals surface area contributed by atoms with Gasteiger partial charge in [-0.15, -0.1) is 0 Å². The molecule has 0 aliphatic rings. The Hall–Kier alpha value is -2.43. The molecule has 0 bridgehead atoms. The van der Waals surface area contributed by atoms with Crippen LogP contribution in [-0.4, -0.2) is 22.2 Å². The van der Waals surface area contributed by atoms with Crippen molar-refractivity contribution in [2.45, 2.75) is 0 Å². The zero-order valence-electron chi connectivity index (χ0n) is 9.12. The summed E-state index contributed by atoms with van der Waals surface area (Å²) in [7, 11) is 1.48. The van der Waals surface area contributed by atoms with Crippen LogP contribution in [-0.2, 0) is 0 Å². The molecule has 1 aromatic carbocycles. The van der Waals surface area contributed by atoms with E-state index in [0.29, 0.717) is 11.1 Å². The maximum atomic E-state index is 11.4. The van der Waals surface area contributed by atoms with Crippen LogP contribution in [0.5, 0.6) is 11.8 Å². The van der Waals surface area contributed by atoms with E-state index in [1.54, 1.807) is 24.5 Å². The minimum Gasteiger partial charge on any atom is -0.504 e. The minimum atomic E-state index is -0.444. The first-order valence-corrected chi connectivity index (χ1v) is 4.90. The number of hydrogen-bond acceptors (Lipinski definition) is 5. The molecule has 5 nitrogen and oxygen atoms in total.